The van der Waals surface area contributed by atoms with Gasteiger partial charge in [-0.25, -0.2) is 14.8 Å². The van der Waals surface area contributed by atoms with Gasteiger partial charge in [-0.1, -0.05) is 0 Å². The minimum absolute atomic E-state index is 0.0423. The third-order valence-corrected chi connectivity index (χ3v) is 3.37. The van der Waals surface area contributed by atoms with Gasteiger partial charge in [0.1, 0.15) is 11.5 Å². The lowest BCUT2D eigenvalue weighted by atomic mass is 10.1. The first-order valence-electron chi connectivity index (χ1n) is 6.57. The lowest BCUT2D eigenvalue weighted by Crippen LogP contribution is -2.28. The van der Waals surface area contributed by atoms with Crippen LogP contribution in [0.2, 0.25) is 0 Å². The maximum Gasteiger partial charge on any atom is 0.354 e. The zero-order valence-electron chi connectivity index (χ0n) is 10.9. The molecule has 0 bridgehead atoms. The van der Waals surface area contributed by atoms with Gasteiger partial charge in [-0.05, 0) is 25.0 Å². The van der Waals surface area contributed by atoms with E-state index in [-0.39, 0.29) is 5.69 Å². The highest BCUT2D eigenvalue weighted by atomic mass is 16.5. The van der Waals surface area contributed by atoms with Crippen molar-refractivity contribution < 1.29 is 14.6 Å². The number of carboxylic acids is 1. The van der Waals surface area contributed by atoms with E-state index in [1.807, 2.05) is 0 Å². The van der Waals surface area contributed by atoms with Crippen molar-refractivity contribution in [1.29, 1.82) is 0 Å². The van der Waals surface area contributed by atoms with Gasteiger partial charge in [0, 0.05) is 36.9 Å². The Balaban J connectivity index is 1.86. The molecule has 0 aromatic carbocycles. The third kappa shape index (κ3) is 2.70. The fraction of sp³-hybridized carbons (Fsp3) is 0.357. The van der Waals surface area contributed by atoms with E-state index in [0.29, 0.717) is 11.6 Å². The minimum Gasteiger partial charge on any atom is -0.477 e. The number of carboxylic acid groups (broad SMARTS) is 1. The van der Waals surface area contributed by atoms with E-state index >= 15 is 0 Å². The number of carbonyl (C=O) groups is 1. The minimum atomic E-state index is -1.03. The van der Waals surface area contributed by atoms with Gasteiger partial charge in [-0.3, -0.25) is 0 Å². The van der Waals surface area contributed by atoms with Crippen LogP contribution in [0.3, 0.4) is 0 Å². The van der Waals surface area contributed by atoms with Crippen LogP contribution in [0.1, 0.15) is 23.3 Å². The van der Waals surface area contributed by atoms with Gasteiger partial charge in [0.15, 0.2) is 0 Å². The summed E-state index contributed by atoms with van der Waals surface area (Å²) < 4.78 is 5.31. The van der Waals surface area contributed by atoms with Gasteiger partial charge in [-0.2, -0.15) is 0 Å². The van der Waals surface area contributed by atoms with Crippen LogP contribution in [0.15, 0.2) is 24.4 Å². The number of aromatic nitrogens is 2. The zero-order chi connectivity index (χ0) is 13.9. The van der Waals surface area contributed by atoms with Crippen LogP contribution in [-0.2, 0) is 4.74 Å². The van der Waals surface area contributed by atoms with Gasteiger partial charge in [0.25, 0.3) is 0 Å². The van der Waals surface area contributed by atoms with Crippen molar-refractivity contribution >= 4 is 22.7 Å². The first-order valence-corrected chi connectivity index (χ1v) is 6.57. The number of pyridine rings is 2. The van der Waals surface area contributed by atoms with Crippen LogP contribution >= 0.6 is 0 Å². The predicted molar refractivity (Wildman–Crippen MR) is 74.0 cm³/mol. The molecule has 0 spiro atoms. The molecule has 0 atom stereocenters. The normalized spacial score (nSPS) is 16.2. The summed E-state index contributed by atoms with van der Waals surface area (Å²) in [6.07, 6.45) is 3.60. The number of hydrogen-bond donors (Lipinski definition) is 2. The van der Waals surface area contributed by atoms with Gasteiger partial charge < -0.3 is 15.2 Å². The smallest absolute Gasteiger partial charge is 0.354 e. The van der Waals surface area contributed by atoms with Crippen LogP contribution in [0.25, 0.3) is 10.9 Å². The van der Waals surface area contributed by atoms with Crippen molar-refractivity contribution in [1.82, 2.24) is 9.97 Å². The molecule has 0 saturated carbocycles. The van der Waals surface area contributed by atoms with E-state index in [1.165, 1.54) is 6.07 Å². The number of fused-ring (bicyclic) bond motifs is 1. The van der Waals surface area contributed by atoms with E-state index in [2.05, 4.69) is 15.3 Å². The third-order valence-electron chi connectivity index (χ3n) is 3.37. The van der Waals surface area contributed by atoms with Gasteiger partial charge >= 0.3 is 5.97 Å². The van der Waals surface area contributed by atoms with E-state index in [0.717, 1.165) is 37.3 Å². The Labute approximate surface area is 115 Å². The molecule has 1 fully saturated rings. The highest BCUT2D eigenvalue weighted by molar-refractivity contribution is 5.90. The summed E-state index contributed by atoms with van der Waals surface area (Å²) >= 11 is 0. The number of anilines is 1. The summed E-state index contributed by atoms with van der Waals surface area (Å²) in [6.45, 7) is 1.51. The molecular weight excluding hydrogens is 258 g/mol. The van der Waals surface area contributed by atoms with Crippen molar-refractivity contribution in [3.8, 4) is 0 Å². The summed E-state index contributed by atoms with van der Waals surface area (Å²) in [5.41, 5.74) is 0.676. The number of ether oxygens (including phenoxy) is 1. The number of aromatic carboxylic acids is 1. The highest BCUT2D eigenvalue weighted by Gasteiger charge is 2.14. The molecule has 0 amide bonds. The summed E-state index contributed by atoms with van der Waals surface area (Å²) in [6, 6.07) is 5.34. The Bertz CT molecular complexity index is 639. The maximum atomic E-state index is 10.9. The molecule has 0 radical (unpaired) electrons. The second-order valence-electron chi connectivity index (χ2n) is 4.79. The van der Waals surface area contributed by atoms with E-state index in [4.69, 9.17) is 9.84 Å². The maximum absolute atomic E-state index is 10.9. The predicted octanol–water partition coefficient (Wildman–Crippen LogP) is 1.92. The molecule has 1 aliphatic rings. The average molecular weight is 273 g/mol. The molecule has 1 aliphatic heterocycles. The van der Waals surface area contributed by atoms with Gasteiger partial charge in [-0.15, -0.1) is 0 Å². The van der Waals surface area contributed by atoms with Gasteiger partial charge in [0.05, 0.1) is 5.52 Å². The van der Waals surface area contributed by atoms with Crippen LogP contribution in [-0.4, -0.2) is 40.3 Å². The number of nitrogens with one attached hydrogen (secondary N) is 1. The molecule has 2 aromatic rings. The largest absolute Gasteiger partial charge is 0.477 e. The average Bonchev–Trinajstić information content (AvgIpc) is 2.47. The Hall–Kier alpha value is -2.21. The molecule has 2 aromatic heterocycles. The second kappa shape index (κ2) is 5.42. The second-order valence-corrected chi connectivity index (χ2v) is 4.79. The van der Waals surface area contributed by atoms with E-state index in [9.17, 15) is 4.79 Å². The Kier molecular flexibility index (Phi) is 3.47. The lowest BCUT2D eigenvalue weighted by Gasteiger charge is -2.23. The molecule has 2 N–H and O–H groups in total. The molecule has 3 heterocycles. The molecule has 0 unspecified atom stereocenters. The first-order chi connectivity index (χ1) is 9.72. The number of nitrogens with zero attached hydrogens (tertiary/aromatic N) is 2. The van der Waals surface area contributed by atoms with Crippen molar-refractivity contribution in [2.75, 3.05) is 18.5 Å². The SMILES string of the molecule is O=C(O)c1ccc2cnc(NC3CCOCC3)cc2n1. The van der Waals surface area contributed by atoms with Crippen molar-refractivity contribution in [3.05, 3.63) is 30.1 Å². The fourth-order valence-corrected chi connectivity index (χ4v) is 2.27. The van der Waals surface area contributed by atoms with E-state index in [1.54, 1.807) is 18.3 Å². The van der Waals surface area contributed by atoms with Crippen LogP contribution in [0, 0.1) is 0 Å². The summed E-state index contributed by atoms with van der Waals surface area (Å²) in [5, 5.41) is 13.1. The Morgan fingerprint density at radius 1 is 1.35 bits per heavy atom. The van der Waals surface area contributed by atoms with Crippen molar-refractivity contribution in [2.45, 2.75) is 18.9 Å². The summed E-state index contributed by atoms with van der Waals surface area (Å²) in [7, 11) is 0. The number of hydrogen-bond acceptors (Lipinski definition) is 5. The van der Waals surface area contributed by atoms with Crippen LogP contribution in [0.5, 0.6) is 0 Å². The molecule has 3 rings (SSSR count). The van der Waals surface area contributed by atoms with Crippen molar-refractivity contribution in [3.63, 3.8) is 0 Å². The quantitative estimate of drug-likeness (QED) is 0.888. The molecule has 6 nitrogen and oxygen atoms in total. The number of rotatable bonds is 3. The first kappa shape index (κ1) is 12.8. The molecule has 6 heteroatoms. The standard InChI is InChI=1S/C14H15N3O3/c18-14(19)11-2-1-9-8-15-13(7-12(9)17-11)16-10-3-5-20-6-4-10/h1-2,7-8,10H,3-6H2,(H,15,16)(H,18,19). The van der Waals surface area contributed by atoms with E-state index < -0.39 is 5.97 Å². The lowest BCUT2D eigenvalue weighted by molar-refractivity contribution is 0.0691. The van der Waals surface area contributed by atoms with Crippen LogP contribution < -0.4 is 5.32 Å². The molecule has 20 heavy (non-hydrogen) atoms. The van der Waals surface area contributed by atoms with Crippen LogP contribution in [0.4, 0.5) is 5.82 Å². The zero-order valence-corrected chi connectivity index (χ0v) is 10.9. The monoisotopic (exact) mass is 273 g/mol. The molecular formula is C14H15N3O3. The Morgan fingerprint density at radius 3 is 2.90 bits per heavy atom. The molecule has 104 valence electrons. The molecule has 1 saturated heterocycles. The topological polar surface area (TPSA) is 84.3 Å². The fourth-order valence-electron chi connectivity index (χ4n) is 2.27. The highest BCUT2D eigenvalue weighted by Crippen LogP contribution is 2.18. The Morgan fingerprint density at radius 2 is 2.15 bits per heavy atom. The van der Waals surface area contributed by atoms with Crippen molar-refractivity contribution in [2.24, 2.45) is 0 Å². The molecule has 0 aliphatic carbocycles. The summed E-state index contributed by atoms with van der Waals surface area (Å²) in [4.78, 5) is 19.4. The van der Waals surface area contributed by atoms with Gasteiger partial charge in [0.2, 0.25) is 0 Å². The summed E-state index contributed by atoms with van der Waals surface area (Å²) in [5.74, 6) is -0.304.